The van der Waals surface area contributed by atoms with Crippen LogP contribution in [0.25, 0.3) is 0 Å². The monoisotopic (exact) mass is 240 g/mol. The van der Waals surface area contributed by atoms with Gasteiger partial charge in [-0.2, -0.15) is 0 Å². The van der Waals surface area contributed by atoms with Gasteiger partial charge in [-0.25, -0.2) is 4.39 Å². The van der Waals surface area contributed by atoms with Crippen LogP contribution in [0, 0.1) is 5.82 Å². The second-order valence-electron chi connectivity index (χ2n) is 4.94. The summed E-state index contributed by atoms with van der Waals surface area (Å²) in [6.07, 6.45) is 0. The third-order valence-electron chi connectivity index (χ3n) is 2.48. The zero-order chi connectivity index (χ0) is 13.1. The van der Waals surface area contributed by atoms with E-state index < -0.39 is 5.60 Å². The molecule has 96 valence electrons. The van der Waals surface area contributed by atoms with E-state index in [0.717, 1.165) is 5.69 Å². The van der Waals surface area contributed by atoms with Gasteiger partial charge >= 0.3 is 0 Å². The first kappa shape index (κ1) is 13.9. The van der Waals surface area contributed by atoms with Crippen molar-refractivity contribution in [2.45, 2.75) is 26.0 Å². The number of nitrogens with one attached hydrogen (secondary N) is 1. The molecule has 1 aromatic rings. The van der Waals surface area contributed by atoms with E-state index in [9.17, 15) is 9.50 Å². The molecule has 0 saturated heterocycles. The standard InChI is InChI=1S/C13H21FN2O/c1-13(2,17)9-16(4)12-7-5-6-11(14)10(12)8-15-3/h5-7,15,17H,8-9H2,1-4H3. The minimum absolute atomic E-state index is 0.223. The average molecular weight is 240 g/mol. The molecule has 0 heterocycles. The molecule has 0 amide bonds. The highest BCUT2D eigenvalue weighted by Gasteiger charge is 2.18. The van der Waals surface area contributed by atoms with Crippen LogP contribution in [0.4, 0.5) is 10.1 Å². The van der Waals surface area contributed by atoms with Crippen LogP contribution in [0.3, 0.4) is 0 Å². The smallest absolute Gasteiger partial charge is 0.129 e. The molecule has 17 heavy (non-hydrogen) atoms. The largest absolute Gasteiger partial charge is 0.389 e. The van der Waals surface area contributed by atoms with Gasteiger partial charge in [0.25, 0.3) is 0 Å². The van der Waals surface area contributed by atoms with E-state index in [4.69, 9.17) is 0 Å². The Morgan fingerprint density at radius 2 is 2.06 bits per heavy atom. The van der Waals surface area contributed by atoms with Gasteiger partial charge in [0, 0.05) is 31.4 Å². The van der Waals surface area contributed by atoms with Crippen molar-refractivity contribution in [1.29, 1.82) is 0 Å². The summed E-state index contributed by atoms with van der Waals surface area (Å²) in [5.41, 5.74) is 0.626. The number of anilines is 1. The van der Waals surface area contributed by atoms with Gasteiger partial charge < -0.3 is 15.3 Å². The van der Waals surface area contributed by atoms with Crippen LogP contribution in [0.15, 0.2) is 18.2 Å². The zero-order valence-electron chi connectivity index (χ0n) is 10.9. The lowest BCUT2D eigenvalue weighted by Gasteiger charge is -2.29. The Hall–Kier alpha value is -1.13. The zero-order valence-corrected chi connectivity index (χ0v) is 10.9. The van der Waals surface area contributed by atoms with Gasteiger partial charge in [0.2, 0.25) is 0 Å². The van der Waals surface area contributed by atoms with Crippen LogP contribution in [0.2, 0.25) is 0 Å². The van der Waals surface area contributed by atoms with Crippen molar-refractivity contribution in [2.24, 2.45) is 0 Å². The quantitative estimate of drug-likeness (QED) is 0.823. The maximum absolute atomic E-state index is 13.7. The maximum Gasteiger partial charge on any atom is 0.129 e. The Balaban J connectivity index is 3.00. The van der Waals surface area contributed by atoms with Gasteiger partial charge in [-0.1, -0.05) is 6.07 Å². The second-order valence-corrected chi connectivity index (χ2v) is 4.94. The fraction of sp³-hybridized carbons (Fsp3) is 0.538. The van der Waals surface area contributed by atoms with E-state index in [-0.39, 0.29) is 5.82 Å². The highest BCUT2D eigenvalue weighted by Crippen LogP contribution is 2.23. The van der Waals surface area contributed by atoms with Gasteiger partial charge in [-0.05, 0) is 33.0 Å². The second kappa shape index (κ2) is 5.47. The molecule has 0 fully saturated rings. The number of likely N-dealkylation sites (N-methyl/N-ethyl adjacent to an activating group) is 1. The van der Waals surface area contributed by atoms with Gasteiger partial charge in [0.1, 0.15) is 5.82 Å². The van der Waals surface area contributed by atoms with Crippen LogP contribution in [-0.4, -0.2) is 31.3 Å². The van der Waals surface area contributed by atoms with E-state index in [1.54, 1.807) is 27.0 Å². The number of halogens is 1. The Morgan fingerprint density at radius 1 is 1.41 bits per heavy atom. The number of hydrogen-bond acceptors (Lipinski definition) is 3. The predicted molar refractivity (Wildman–Crippen MR) is 68.7 cm³/mol. The molecule has 3 nitrogen and oxygen atoms in total. The van der Waals surface area contributed by atoms with Gasteiger partial charge in [0.15, 0.2) is 0 Å². The topological polar surface area (TPSA) is 35.5 Å². The summed E-state index contributed by atoms with van der Waals surface area (Å²) >= 11 is 0. The Morgan fingerprint density at radius 3 is 2.59 bits per heavy atom. The van der Waals surface area contributed by atoms with Crippen molar-refractivity contribution in [3.63, 3.8) is 0 Å². The van der Waals surface area contributed by atoms with Gasteiger partial charge in [-0.15, -0.1) is 0 Å². The summed E-state index contributed by atoms with van der Waals surface area (Å²) in [6.45, 7) is 4.40. The summed E-state index contributed by atoms with van der Waals surface area (Å²) < 4.78 is 13.7. The van der Waals surface area contributed by atoms with E-state index in [2.05, 4.69) is 5.32 Å². The fourth-order valence-corrected chi connectivity index (χ4v) is 1.92. The molecular formula is C13H21FN2O. The molecule has 0 aliphatic rings. The lowest BCUT2D eigenvalue weighted by atomic mass is 10.1. The molecule has 0 aliphatic carbocycles. The summed E-state index contributed by atoms with van der Waals surface area (Å²) in [6, 6.07) is 5.00. The van der Waals surface area contributed by atoms with E-state index in [1.807, 2.05) is 18.0 Å². The molecule has 0 unspecified atom stereocenters. The fourth-order valence-electron chi connectivity index (χ4n) is 1.92. The van der Waals surface area contributed by atoms with Crippen molar-refractivity contribution in [3.05, 3.63) is 29.6 Å². The van der Waals surface area contributed by atoms with E-state index >= 15 is 0 Å². The SMILES string of the molecule is CNCc1c(F)cccc1N(C)CC(C)(C)O. The van der Waals surface area contributed by atoms with Crippen LogP contribution < -0.4 is 10.2 Å². The van der Waals surface area contributed by atoms with Crippen molar-refractivity contribution in [3.8, 4) is 0 Å². The van der Waals surface area contributed by atoms with Crippen molar-refractivity contribution < 1.29 is 9.50 Å². The minimum Gasteiger partial charge on any atom is -0.389 e. The third-order valence-corrected chi connectivity index (χ3v) is 2.48. The van der Waals surface area contributed by atoms with E-state index in [0.29, 0.717) is 18.7 Å². The van der Waals surface area contributed by atoms with Gasteiger partial charge in [-0.3, -0.25) is 0 Å². The number of aliphatic hydroxyl groups is 1. The Bertz CT molecular complexity index is 374. The van der Waals surface area contributed by atoms with Crippen molar-refractivity contribution in [2.75, 3.05) is 25.5 Å². The molecule has 0 radical (unpaired) electrons. The number of rotatable bonds is 5. The molecule has 2 N–H and O–H groups in total. The maximum atomic E-state index is 13.7. The van der Waals surface area contributed by atoms with Crippen LogP contribution in [-0.2, 0) is 6.54 Å². The molecule has 1 rings (SSSR count). The molecular weight excluding hydrogens is 219 g/mol. The molecule has 0 saturated carbocycles. The Labute approximate surface area is 102 Å². The number of benzene rings is 1. The summed E-state index contributed by atoms with van der Waals surface area (Å²) in [4.78, 5) is 1.87. The molecule has 1 aromatic carbocycles. The molecule has 0 spiro atoms. The summed E-state index contributed by atoms with van der Waals surface area (Å²) in [5.74, 6) is -0.223. The molecule has 4 heteroatoms. The summed E-state index contributed by atoms with van der Waals surface area (Å²) in [7, 11) is 3.64. The first-order chi connectivity index (χ1) is 7.85. The third kappa shape index (κ3) is 3.98. The highest BCUT2D eigenvalue weighted by molar-refractivity contribution is 5.53. The molecule has 0 bridgehead atoms. The summed E-state index contributed by atoms with van der Waals surface area (Å²) in [5, 5.41) is 12.7. The van der Waals surface area contributed by atoms with Crippen molar-refractivity contribution in [1.82, 2.24) is 5.32 Å². The predicted octanol–water partition coefficient (Wildman–Crippen LogP) is 1.75. The first-order valence-electron chi connectivity index (χ1n) is 5.70. The minimum atomic E-state index is -0.808. The first-order valence-corrected chi connectivity index (χ1v) is 5.70. The van der Waals surface area contributed by atoms with Gasteiger partial charge in [0.05, 0.1) is 5.60 Å². The lowest BCUT2D eigenvalue weighted by Crippen LogP contribution is -2.37. The normalized spacial score (nSPS) is 11.6. The number of hydrogen-bond donors (Lipinski definition) is 2. The molecule has 0 atom stereocenters. The van der Waals surface area contributed by atoms with E-state index in [1.165, 1.54) is 6.07 Å². The molecule has 0 aliphatic heterocycles. The number of nitrogens with zero attached hydrogens (tertiary/aromatic N) is 1. The van der Waals surface area contributed by atoms with Crippen LogP contribution in [0.5, 0.6) is 0 Å². The van der Waals surface area contributed by atoms with Crippen LogP contribution in [0.1, 0.15) is 19.4 Å². The molecule has 0 aromatic heterocycles. The van der Waals surface area contributed by atoms with Crippen molar-refractivity contribution >= 4 is 5.69 Å². The Kier molecular flexibility index (Phi) is 4.48. The lowest BCUT2D eigenvalue weighted by molar-refractivity contribution is 0.0886. The highest BCUT2D eigenvalue weighted by atomic mass is 19.1. The van der Waals surface area contributed by atoms with Crippen LogP contribution >= 0.6 is 0 Å². The average Bonchev–Trinajstić information content (AvgIpc) is 2.18.